The summed E-state index contributed by atoms with van der Waals surface area (Å²) >= 11 is 0. The van der Waals surface area contributed by atoms with Crippen molar-refractivity contribution in [2.24, 2.45) is 0 Å². The van der Waals surface area contributed by atoms with E-state index < -0.39 is 28.3 Å². The third-order valence-corrected chi connectivity index (χ3v) is 7.64. The highest BCUT2D eigenvalue weighted by atomic mass is 32.2. The minimum atomic E-state index is -4.14. The Morgan fingerprint density at radius 2 is 1.71 bits per heavy atom. The molecule has 0 saturated carbocycles. The second-order valence-electron chi connectivity index (χ2n) is 8.50. The Kier molecular flexibility index (Phi) is 6.88. The second kappa shape index (κ2) is 9.87. The average Bonchev–Trinajstić information content (AvgIpc) is 3.24. The van der Waals surface area contributed by atoms with Gasteiger partial charge in [0.25, 0.3) is 10.0 Å². The van der Waals surface area contributed by atoms with E-state index in [0.29, 0.717) is 24.3 Å². The zero-order chi connectivity index (χ0) is 25.2. The maximum atomic E-state index is 13.4. The van der Waals surface area contributed by atoms with Crippen molar-refractivity contribution < 1.29 is 22.4 Å². The largest absolute Gasteiger partial charge is 0.325 e. The third kappa shape index (κ3) is 5.35. The topological polar surface area (TPSA) is 86.8 Å². The molecule has 3 aromatic carbocycles. The number of halogens is 1. The fourth-order valence-electron chi connectivity index (χ4n) is 4.03. The Bertz CT molecular complexity index is 1360. The summed E-state index contributed by atoms with van der Waals surface area (Å²) in [5, 5.41) is 2.75. The van der Waals surface area contributed by atoms with Crippen LogP contribution in [0.5, 0.6) is 0 Å². The normalized spacial score (nSPS) is 13.7. The molecule has 4 rings (SSSR count). The monoisotopic (exact) mass is 495 g/mol. The molecule has 3 aromatic rings. The summed E-state index contributed by atoms with van der Waals surface area (Å²) in [6.45, 7) is 3.91. The first kappa shape index (κ1) is 24.4. The van der Waals surface area contributed by atoms with Crippen LogP contribution < -0.4 is 14.5 Å². The van der Waals surface area contributed by atoms with Gasteiger partial charge >= 0.3 is 0 Å². The number of sulfonamides is 1. The molecule has 1 saturated heterocycles. The van der Waals surface area contributed by atoms with Crippen LogP contribution in [-0.4, -0.2) is 33.3 Å². The van der Waals surface area contributed by atoms with Gasteiger partial charge < -0.3 is 10.2 Å². The van der Waals surface area contributed by atoms with Crippen LogP contribution in [0.15, 0.2) is 71.6 Å². The van der Waals surface area contributed by atoms with Crippen molar-refractivity contribution in [1.82, 2.24) is 0 Å². The summed E-state index contributed by atoms with van der Waals surface area (Å²) in [6, 6.07) is 16.4. The Labute approximate surface area is 204 Å². The average molecular weight is 496 g/mol. The quantitative estimate of drug-likeness (QED) is 0.526. The third-order valence-electron chi connectivity index (χ3n) is 5.86. The minimum absolute atomic E-state index is 0.0737. The zero-order valence-electron chi connectivity index (χ0n) is 19.5. The molecule has 0 spiro atoms. The smallest absolute Gasteiger partial charge is 0.264 e. The van der Waals surface area contributed by atoms with E-state index in [1.807, 2.05) is 13.8 Å². The van der Waals surface area contributed by atoms with Crippen LogP contribution in [0.1, 0.15) is 24.0 Å². The molecule has 1 heterocycles. The van der Waals surface area contributed by atoms with Crippen molar-refractivity contribution in [1.29, 1.82) is 0 Å². The Balaban J connectivity index is 1.58. The van der Waals surface area contributed by atoms with Gasteiger partial charge in [-0.1, -0.05) is 17.7 Å². The van der Waals surface area contributed by atoms with Gasteiger partial charge in [-0.15, -0.1) is 0 Å². The Morgan fingerprint density at radius 1 is 1.03 bits per heavy atom. The van der Waals surface area contributed by atoms with E-state index in [9.17, 15) is 22.4 Å². The number of anilines is 3. The van der Waals surface area contributed by atoms with Crippen molar-refractivity contribution in [2.45, 2.75) is 31.6 Å². The molecular formula is C26H26FN3O4S. The van der Waals surface area contributed by atoms with E-state index in [2.05, 4.69) is 5.32 Å². The molecule has 1 aliphatic heterocycles. The van der Waals surface area contributed by atoms with Crippen molar-refractivity contribution in [3.63, 3.8) is 0 Å². The number of amides is 2. The minimum Gasteiger partial charge on any atom is -0.325 e. The summed E-state index contributed by atoms with van der Waals surface area (Å²) in [4.78, 5) is 26.6. The molecule has 0 atom stereocenters. The summed E-state index contributed by atoms with van der Waals surface area (Å²) < 4.78 is 41.1. The molecule has 35 heavy (non-hydrogen) atoms. The number of hydrogen-bond donors (Lipinski definition) is 1. The molecule has 1 N–H and O–H groups in total. The highest BCUT2D eigenvalue weighted by Crippen LogP contribution is 2.28. The van der Waals surface area contributed by atoms with Crippen LogP contribution in [0.25, 0.3) is 0 Å². The standard InChI is InChI=1S/C26H26FN3O4S/c1-18-5-10-22(11-6-18)30(35(33,34)23-12-7-20(27)8-13-23)17-25(31)28-21-9-14-24(19(2)16-21)29-15-3-4-26(29)32/h5-14,16H,3-4,15,17H2,1-2H3,(H,28,31). The van der Waals surface area contributed by atoms with Gasteiger partial charge in [0.1, 0.15) is 12.4 Å². The van der Waals surface area contributed by atoms with E-state index >= 15 is 0 Å². The molecule has 0 aromatic heterocycles. The number of hydrogen-bond acceptors (Lipinski definition) is 4. The highest BCUT2D eigenvalue weighted by molar-refractivity contribution is 7.92. The van der Waals surface area contributed by atoms with Crippen molar-refractivity contribution in [2.75, 3.05) is 27.6 Å². The molecule has 1 fully saturated rings. The lowest BCUT2D eigenvalue weighted by atomic mass is 10.1. The molecule has 0 bridgehead atoms. The van der Waals surface area contributed by atoms with E-state index in [-0.39, 0.29) is 10.8 Å². The molecule has 9 heteroatoms. The number of nitrogens with one attached hydrogen (secondary N) is 1. The SMILES string of the molecule is Cc1ccc(N(CC(=O)Nc2ccc(N3CCCC3=O)c(C)c2)S(=O)(=O)c2ccc(F)cc2)cc1. The lowest BCUT2D eigenvalue weighted by Gasteiger charge is -2.24. The number of rotatable bonds is 7. The Morgan fingerprint density at radius 3 is 2.31 bits per heavy atom. The van der Waals surface area contributed by atoms with Crippen molar-refractivity contribution in [3.8, 4) is 0 Å². The summed E-state index contributed by atoms with van der Waals surface area (Å²) in [6.07, 6.45) is 1.34. The molecular weight excluding hydrogens is 469 g/mol. The summed E-state index contributed by atoms with van der Waals surface area (Å²) in [5.74, 6) is -1.02. The number of aryl methyl sites for hydroxylation is 2. The van der Waals surface area contributed by atoms with Crippen LogP contribution in [0.3, 0.4) is 0 Å². The van der Waals surface area contributed by atoms with Gasteiger partial charge in [-0.25, -0.2) is 12.8 Å². The van der Waals surface area contributed by atoms with E-state index in [0.717, 1.165) is 39.7 Å². The van der Waals surface area contributed by atoms with Crippen LogP contribution in [0, 0.1) is 19.7 Å². The zero-order valence-corrected chi connectivity index (χ0v) is 20.3. The van der Waals surface area contributed by atoms with Crippen LogP contribution in [0.4, 0.5) is 21.5 Å². The molecule has 0 unspecified atom stereocenters. The number of benzene rings is 3. The van der Waals surface area contributed by atoms with Crippen LogP contribution >= 0.6 is 0 Å². The van der Waals surface area contributed by atoms with E-state index in [1.165, 1.54) is 12.1 Å². The van der Waals surface area contributed by atoms with E-state index in [4.69, 9.17) is 0 Å². The maximum Gasteiger partial charge on any atom is 0.264 e. The van der Waals surface area contributed by atoms with Crippen LogP contribution in [-0.2, 0) is 19.6 Å². The van der Waals surface area contributed by atoms with Gasteiger partial charge in [-0.2, -0.15) is 0 Å². The number of carbonyl (C=O) groups excluding carboxylic acids is 2. The predicted octanol–water partition coefficient (Wildman–Crippen LogP) is 4.40. The van der Waals surface area contributed by atoms with Gasteiger partial charge in [0.15, 0.2) is 0 Å². The fourth-order valence-corrected chi connectivity index (χ4v) is 5.45. The molecule has 0 radical (unpaired) electrons. The Hall–Kier alpha value is -3.72. The van der Waals surface area contributed by atoms with Gasteiger partial charge in [-0.05, 0) is 80.4 Å². The second-order valence-corrected chi connectivity index (χ2v) is 10.4. The molecule has 182 valence electrons. The van der Waals surface area contributed by atoms with Gasteiger partial charge in [0, 0.05) is 24.3 Å². The number of carbonyl (C=O) groups is 2. The number of nitrogens with zero attached hydrogens (tertiary/aromatic N) is 2. The van der Waals surface area contributed by atoms with Gasteiger partial charge in [0.2, 0.25) is 11.8 Å². The van der Waals surface area contributed by atoms with E-state index in [1.54, 1.807) is 47.4 Å². The highest BCUT2D eigenvalue weighted by Gasteiger charge is 2.28. The van der Waals surface area contributed by atoms with Crippen molar-refractivity contribution >= 4 is 38.9 Å². The van der Waals surface area contributed by atoms with Crippen molar-refractivity contribution in [3.05, 3.63) is 83.7 Å². The lowest BCUT2D eigenvalue weighted by Crippen LogP contribution is -2.38. The first-order chi connectivity index (χ1) is 16.6. The summed E-state index contributed by atoms with van der Waals surface area (Å²) in [7, 11) is -4.14. The lowest BCUT2D eigenvalue weighted by molar-refractivity contribution is -0.117. The molecule has 0 aliphatic carbocycles. The fraction of sp³-hybridized carbons (Fsp3) is 0.231. The molecule has 1 aliphatic rings. The summed E-state index contributed by atoms with van der Waals surface area (Å²) in [5.41, 5.74) is 3.36. The predicted molar refractivity (Wildman–Crippen MR) is 134 cm³/mol. The first-order valence-electron chi connectivity index (χ1n) is 11.2. The van der Waals surface area contributed by atoms with Gasteiger partial charge in [0.05, 0.1) is 10.6 Å². The first-order valence-corrected chi connectivity index (χ1v) is 12.6. The van der Waals surface area contributed by atoms with Crippen LogP contribution in [0.2, 0.25) is 0 Å². The molecule has 7 nitrogen and oxygen atoms in total. The van der Waals surface area contributed by atoms with Gasteiger partial charge in [-0.3, -0.25) is 13.9 Å². The molecule has 2 amide bonds. The maximum absolute atomic E-state index is 13.4.